The van der Waals surface area contributed by atoms with E-state index in [-0.39, 0.29) is 11.8 Å². The molecule has 0 unspecified atom stereocenters. The largest absolute Gasteiger partial charge is 0.463 e. The van der Waals surface area contributed by atoms with Gasteiger partial charge in [0.1, 0.15) is 18.2 Å². The fraction of sp³-hybridized carbons (Fsp3) is 0.579. The van der Waals surface area contributed by atoms with Crippen molar-refractivity contribution in [3.05, 3.63) is 11.5 Å². The molecule has 13 heteroatoms. The van der Waals surface area contributed by atoms with E-state index in [1.807, 2.05) is 6.92 Å². The quantitative estimate of drug-likeness (QED) is 0.179. The highest BCUT2D eigenvalue weighted by Gasteiger charge is 2.51. The fourth-order valence-corrected chi connectivity index (χ4v) is 4.18. The molecule has 1 saturated heterocycles. The maximum atomic E-state index is 11.8. The Morgan fingerprint density at radius 2 is 1.81 bits per heavy atom. The van der Waals surface area contributed by atoms with E-state index in [1.165, 1.54) is 43.4 Å². The average molecular weight is 487 g/mol. The lowest BCUT2D eigenvalue weighted by molar-refractivity contribution is -0.166. The van der Waals surface area contributed by atoms with Gasteiger partial charge >= 0.3 is 17.9 Å². The second-order valence-electron chi connectivity index (χ2n) is 6.99. The Hall–Kier alpha value is -2.44. The van der Waals surface area contributed by atoms with Crippen LogP contribution in [0.4, 0.5) is 0 Å². The van der Waals surface area contributed by atoms with Crippen molar-refractivity contribution in [2.24, 2.45) is 0 Å². The Kier molecular flexibility index (Phi) is 7.91. The van der Waals surface area contributed by atoms with E-state index >= 15 is 0 Å². The van der Waals surface area contributed by atoms with Gasteiger partial charge in [-0.05, 0) is 6.42 Å². The molecule has 0 spiro atoms. The summed E-state index contributed by atoms with van der Waals surface area (Å²) in [6.45, 7) is 5.52. The van der Waals surface area contributed by atoms with Gasteiger partial charge in [0, 0.05) is 26.5 Å². The topological polar surface area (TPSA) is 132 Å². The van der Waals surface area contributed by atoms with Crippen molar-refractivity contribution < 1.29 is 33.3 Å². The molecule has 2 aromatic heterocycles. The number of halogens is 1. The van der Waals surface area contributed by atoms with Gasteiger partial charge in [-0.1, -0.05) is 30.3 Å². The van der Waals surface area contributed by atoms with Gasteiger partial charge in [0.2, 0.25) is 0 Å². The SMILES string of the molecule is CCCSc1nc(Cl)c2ncn([C@@H]3O[C@H](COC(C)=O)[C@@H](OC(C)=O)[C@H]3OC(C)=O)c2n1. The Morgan fingerprint density at radius 3 is 2.44 bits per heavy atom. The molecule has 0 aliphatic carbocycles. The van der Waals surface area contributed by atoms with Crippen LogP contribution in [0.25, 0.3) is 11.2 Å². The van der Waals surface area contributed by atoms with E-state index in [0.717, 1.165) is 12.2 Å². The van der Waals surface area contributed by atoms with Gasteiger partial charge < -0.3 is 18.9 Å². The van der Waals surface area contributed by atoms with E-state index in [2.05, 4.69) is 15.0 Å². The van der Waals surface area contributed by atoms with Crippen LogP contribution in [0.15, 0.2) is 11.5 Å². The number of hydrogen-bond donors (Lipinski definition) is 0. The molecule has 0 aromatic carbocycles. The normalized spacial score (nSPS) is 22.7. The van der Waals surface area contributed by atoms with Crippen LogP contribution in [0.1, 0.15) is 40.3 Å². The molecule has 1 aliphatic heterocycles. The summed E-state index contributed by atoms with van der Waals surface area (Å²) < 4.78 is 23.5. The highest BCUT2D eigenvalue weighted by atomic mass is 35.5. The number of imidazole rings is 1. The predicted octanol–water partition coefficient (Wildman–Crippen LogP) is 2.31. The van der Waals surface area contributed by atoms with Gasteiger partial charge in [-0.25, -0.2) is 15.0 Å². The summed E-state index contributed by atoms with van der Waals surface area (Å²) in [5.74, 6) is -0.952. The van der Waals surface area contributed by atoms with E-state index in [4.69, 9.17) is 30.5 Å². The monoisotopic (exact) mass is 486 g/mol. The molecule has 0 saturated carbocycles. The predicted molar refractivity (Wildman–Crippen MR) is 113 cm³/mol. The molecule has 174 valence electrons. The average Bonchev–Trinajstić information content (AvgIpc) is 3.26. The standard InChI is InChI=1S/C19H23ClN4O7S/c1-5-6-32-19-22-16(20)13-17(23-19)24(8-21-13)18-15(30-11(4)27)14(29-10(3)26)12(31-18)7-28-9(2)25/h8,12,14-15,18H,5-7H2,1-4H3/t12-,14-,15-,18-/m1/s1. The molecule has 0 bridgehead atoms. The van der Waals surface area contributed by atoms with Crippen LogP contribution in [-0.2, 0) is 33.3 Å². The second-order valence-corrected chi connectivity index (χ2v) is 8.41. The minimum atomic E-state index is -1.05. The van der Waals surface area contributed by atoms with Crippen molar-refractivity contribution in [1.29, 1.82) is 0 Å². The molecule has 1 aliphatic rings. The van der Waals surface area contributed by atoms with Crippen molar-refractivity contribution in [2.45, 2.75) is 63.8 Å². The first kappa shape index (κ1) is 24.2. The van der Waals surface area contributed by atoms with Gasteiger partial charge in [-0.2, -0.15) is 0 Å². The van der Waals surface area contributed by atoms with Crippen LogP contribution in [0.2, 0.25) is 5.15 Å². The van der Waals surface area contributed by atoms with Gasteiger partial charge in [0.05, 0.1) is 6.33 Å². The molecular weight excluding hydrogens is 464 g/mol. The lowest BCUT2D eigenvalue weighted by Gasteiger charge is -2.23. The first-order valence-electron chi connectivity index (χ1n) is 9.87. The molecule has 32 heavy (non-hydrogen) atoms. The summed E-state index contributed by atoms with van der Waals surface area (Å²) in [5.41, 5.74) is 0.700. The highest BCUT2D eigenvalue weighted by Crippen LogP contribution is 2.36. The Morgan fingerprint density at radius 1 is 1.12 bits per heavy atom. The van der Waals surface area contributed by atoms with Crippen molar-refractivity contribution in [3.63, 3.8) is 0 Å². The van der Waals surface area contributed by atoms with Crippen LogP contribution in [0.5, 0.6) is 0 Å². The van der Waals surface area contributed by atoms with E-state index in [1.54, 1.807) is 0 Å². The van der Waals surface area contributed by atoms with Crippen LogP contribution in [0.3, 0.4) is 0 Å². The molecule has 3 heterocycles. The number of ether oxygens (including phenoxy) is 4. The van der Waals surface area contributed by atoms with Crippen LogP contribution in [-0.4, -0.2) is 68.1 Å². The Bertz CT molecular complexity index is 1020. The summed E-state index contributed by atoms with van der Waals surface area (Å²) in [5, 5.41) is 0.628. The molecule has 0 radical (unpaired) electrons. The number of rotatable bonds is 8. The third-order valence-electron chi connectivity index (χ3n) is 4.41. The number of carbonyl (C=O) groups excluding carboxylic acids is 3. The van der Waals surface area contributed by atoms with Crippen LogP contribution in [0, 0.1) is 0 Å². The lowest BCUT2D eigenvalue weighted by atomic mass is 10.1. The fourth-order valence-electron chi connectivity index (χ4n) is 3.22. The molecule has 4 atom stereocenters. The van der Waals surface area contributed by atoms with E-state index in [0.29, 0.717) is 16.3 Å². The van der Waals surface area contributed by atoms with Gasteiger partial charge in [-0.3, -0.25) is 19.0 Å². The Labute approximate surface area is 193 Å². The zero-order chi connectivity index (χ0) is 23.4. The van der Waals surface area contributed by atoms with Crippen LogP contribution >= 0.6 is 23.4 Å². The Balaban J connectivity index is 2.03. The third-order valence-corrected chi connectivity index (χ3v) is 5.72. The smallest absolute Gasteiger partial charge is 0.303 e. The maximum Gasteiger partial charge on any atom is 0.303 e. The van der Waals surface area contributed by atoms with E-state index in [9.17, 15) is 14.4 Å². The van der Waals surface area contributed by atoms with Gasteiger partial charge in [-0.15, -0.1) is 0 Å². The zero-order valence-corrected chi connectivity index (χ0v) is 19.5. The lowest BCUT2D eigenvalue weighted by Crippen LogP contribution is -2.40. The van der Waals surface area contributed by atoms with Crippen molar-refractivity contribution in [1.82, 2.24) is 19.5 Å². The first-order valence-corrected chi connectivity index (χ1v) is 11.2. The van der Waals surface area contributed by atoms with Crippen molar-refractivity contribution >= 4 is 52.4 Å². The summed E-state index contributed by atoms with van der Waals surface area (Å²) >= 11 is 7.73. The molecule has 3 rings (SSSR count). The minimum Gasteiger partial charge on any atom is -0.463 e. The molecule has 2 aromatic rings. The second kappa shape index (κ2) is 10.5. The molecule has 0 amide bonds. The minimum absolute atomic E-state index is 0.169. The number of hydrogen-bond acceptors (Lipinski definition) is 11. The number of nitrogens with zero attached hydrogens (tertiary/aromatic N) is 4. The molecular formula is C19H23ClN4O7S. The van der Waals surface area contributed by atoms with E-state index < -0.39 is 42.4 Å². The van der Waals surface area contributed by atoms with Gasteiger partial charge in [0.15, 0.2) is 34.4 Å². The van der Waals surface area contributed by atoms with Crippen molar-refractivity contribution in [3.8, 4) is 0 Å². The summed E-state index contributed by atoms with van der Waals surface area (Å²) in [7, 11) is 0. The number of aromatic nitrogens is 4. The number of thioether (sulfide) groups is 1. The van der Waals surface area contributed by atoms with Gasteiger partial charge in [0.25, 0.3) is 0 Å². The number of fused-ring (bicyclic) bond motifs is 1. The third kappa shape index (κ3) is 5.48. The van der Waals surface area contributed by atoms with Crippen LogP contribution < -0.4 is 0 Å². The molecule has 1 fully saturated rings. The summed E-state index contributed by atoms with van der Waals surface area (Å²) in [6, 6.07) is 0. The highest BCUT2D eigenvalue weighted by molar-refractivity contribution is 7.99. The summed E-state index contributed by atoms with van der Waals surface area (Å²) in [4.78, 5) is 47.9. The number of esters is 3. The first-order chi connectivity index (χ1) is 15.2. The van der Waals surface area contributed by atoms with Crippen molar-refractivity contribution in [2.75, 3.05) is 12.4 Å². The zero-order valence-electron chi connectivity index (χ0n) is 17.9. The molecule has 11 nitrogen and oxygen atoms in total. The molecule has 0 N–H and O–H groups in total. The summed E-state index contributed by atoms with van der Waals surface area (Å²) in [6.07, 6.45) is -1.57. The maximum absolute atomic E-state index is 11.8. The number of carbonyl (C=O) groups is 3.